The molecule has 0 saturated heterocycles. The molecule has 1 aliphatic carbocycles. The molecule has 106 valence electrons. The minimum Gasteiger partial charge on any atom is -0.494 e. The van der Waals surface area contributed by atoms with Crippen molar-refractivity contribution in [3.8, 4) is 5.75 Å². The van der Waals surface area contributed by atoms with Crippen molar-refractivity contribution in [2.75, 3.05) is 13.7 Å². The first-order valence-corrected chi connectivity index (χ1v) is 8.14. The van der Waals surface area contributed by atoms with Gasteiger partial charge >= 0.3 is 0 Å². The van der Waals surface area contributed by atoms with Crippen LogP contribution in [-0.4, -0.2) is 19.7 Å². The molecule has 0 aromatic heterocycles. The van der Waals surface area contributed by atoms with Gasteiger partial charge in [0, 0.05) is 10.5 Å². The third-order valence-electron chi connectivity index (χ3n) is 4.10. The molecule has 0 heterocycles. The maximum atomic E-state index is 5.85. The molecule has 0 radical (unpaired) electrons. The molecule has 19 heavy (non-hydrogen) atoms. The largest absolute Gasteiger partial charge is 0.494 e. The lowest BCUT2D eigenvalue weighted by atomic mass is 9.92. The Kier molecular flexibility index (Phi) is 6.18. The van der Waals surface area contributed by atoms with Crippen molar-refractivity contribution in [3.05, 3.63) is 28.7 Å². The Labute approximate surface area is 125 Å². The summed E-state index contributed by atoms with van der Waals surface area (Å²) >= 11 is 3.44. The van der Waals surface area contributed by atoms with Crippen LogP contribution in [-0.2, 0) is 0 Å². The molecule has 2 nitrogen and oxygen atoms in total. The Bertz CT molecular complexity index is 366. The van der Waals surface area contributed by atoms with Gasteiger partial charge in [-0.1, -0.05) is 35.2 Å². The summed E-state index contributed by atoms with van der Waals surface area (Å²) in [5.41, 5.74) is 0. The van der Waals surface area contributed by atoms with Gasteiger partial charge in [0.2, 0.25) is 0 Å². The van der Waals surface area contributed by atoms with Gasteiger partial charge in [0.25, 0.3) is 0 Å². The summed E-state index contributed by atoms with van der Waals surface area (Å²) in [4.78, 5) is 0. The highest BCUT2D eigenvalue weighted by molar-refractivity contribution is 9.10. The fourth-order valence-corrected chi connectivity index (χ4v) is 3.23. The SMILES string of the molecule is CNC1CCCCCC1CCOc1ccc(Br)cc1. The second kappa shape index (κ2) is 7.91. The molecule has 1 N–H and O–H groups in total. The third-order valence-corrected chi connectivity index (χ3v) is 4.63. The zero-order chi connectivity index (χ0) is 13.5. The van der Waals surface area contributed by atoms with Crippen molar-refractivity contribution in [1.82, 2.24) is 5.32 Å². The Hall–Kier alpha value is -0.540. The maximum absolute atomic E-state index is 5.85. The molecule has 2 atom stereocenters. The molecule has 0 spiro atoms. The van der Waals surface area contributed by atoms with E-state index in [9.17, 15) is 0 Å². The molecular formula is C16H24BrNO. The first-order valence-electron chi connectivity index (χ1n) is 7.35. The second-order valence-electron chi connectivity index (χ2n) is 5.38. The first kappa shape index (κ1) is 14.9. The molecule has 1 fully saturated rings. The van der Waals surface area contributed by atoms with Gasteiger partial charge in [-0.2, -0.15) is 0 Å². The molecule has 0 aliphatic heterocycles. The van der Waals surface area contributed by atoms with Gasteiger partial charge in [0.15, 0.2) is 0 Å². The molecule has 0 bridgehead atoms. The molecule has 3 heteroatoms. The van der Waals surface area contributed by atoms with Gasteiger partial charge in [0.1, 0.15) is 5.75 Å². The van der Waals surface area contributed by atoms with Crippen molar-refractivity contribution in [2.24, 2.45) is 5.92 Å². The number of halogens is 1. The van der Waals surface area contributed by atoms with Crippen LogP contribution in [0.2, 0.25) is 0 Å². The average Bonchev–Trinajstić information content (AvgIpc) is 2.66. The van der Waals surface area contributed by atoms with Gasteiger partial charge in [-0.25, -0.2) is 0 Å². The number of hydrogen-bond acceptors (Lipinski definition) is 2. The van der Waals surface area contributed by atoms with E-state index in [0.717, 1.165) is 29.2 Å². The highest BCUT2D eigenvalue weighted by atomic mass is 79.9. The zero-order valence-electron chi connectivity index (χ0n) is 11.7. The van der Waals surface area contributed by atoms with E-state index in [0.29, 0.717) is 6.04 Å². The Morgan fingerprint density at radius 1 is 1.16 bits per heavy atom. The Balaban J connectivity index is 1.78. The summed E-state index contributed by atoms with van der Waals surface area (Å²) in [6.45, 7) is 0.824. The van der Waals surface area contributed by atoms with Crippen LogP contribution in [0, 0.1) is 5.92 Å². The van der Waals surface area contributed by atoms with E-state index in [4.69, 9.17) is 4.74 Å². The van der Waals surface area contributed by atoms with Gasteiger partial charge in [0.05, 0.1) is 6.61 Å². The molecule has 2 unspecified atom stereocenters. The van der Waals surface area contributed by atoms with Crippen molar-refractivity contribution in [3.63, 3.8) is 0 Å². The standard InChI is InChI=1S/C16H24BrNO/c1-18-16-6-4-2-3-5-13(16)11-12-19-15-9-7-14(17)8-10-15/h7-10,13,16,18H,2-6,11-12H2,1H3. The number of ether oxygens (including phenoxy) is 1. The minimum atomic E-state index is 0.677. The monoisotopic (exact) mass is 325 g/mol. The van der Waals surface area contributed by atoms with Gasteiger partial charge in [-0.05, 0) is 56.5 Å². The topological polar surface area (TPSA) is 21.3 Å². The van der Waals surface area contributed by atoms with Gasteiger partial charge in [-0.3, -0.25) is 0 Å². The van der Waals surface area contributed by atoms with E-state index in [1.54, 1.807) is 0 Å². The summed E-state index contributed by atoms with van der Waals surface area (Å²) in [5.74, 6) is 1.74. The van der Waals surface area contributed by atoms with Crippen molar-refractivity contribution in [2.45, 2.75) is 44.6 Å². The van der Waals surface area contributed by atoms with Crippen LogP contribution in [0.3, 0.4) is 0 Å². The summed E-state index contributed by atoms with van der Waals surface area (Å²) in [6.07, 6.45) is 7.95. The highest BCUT2D eigenvalue weighted by Crippen LogP contribution is 2.26. The molecule has 0 amide bonds. The van der Waals surface area contributed by atoms with E-state index in [1.807, 2.05) is 24.3 Å². The summed E-state index contributed by atoms with van der Waals surface area (Å²) in [6, 6.07) is 8.77. The van der Waals surface area contributed by atoms with E-state index >= 15 is 0 Å². The summed E-state index contributed by atoms with van der Waals surface area (Å²) < 4.78 is 6.94. The van der Waals surface area contributed by atoms with E-state index in [-0.39, 0.29) is 0 Å². The van der Waals surface area contributed by atoms with Crippen LogP contribution >= 0.6 is 15.9 Å². The lowest BCUT2D eigenvalue weighted by molar-refractivity contribution is 0.242. The first-order chi connectivity index (χ1) is 9.29. The molecular weight excluding hydrogens is 302 g/mol. The number of nitrogens with one attached hydrogen (secondary N) is 1. The fraction of sp³-hybridized carbons (Fsp3) is 0.625. The van der Waals surface area contributed by atoms with E-state index in [1.165, 1.54) is 32.1 Å². The molecule has 2 rings (SSSR count). The summed E-state index contributed by atoms with van der Waals surface area (Å²) in [5, 5.41) is 3.49. The predicted molar refractivity (Wildman–Crippen MR) is 83.7 cm³/mol. The Morgan fingerprint density at radius 3 is 2.63 bits per heavy atom. The quantitative estimate of drug-likeness (QED) is 0.811. The van der Waals surface area contributed by atoms with Crippen LogP contribution in [0.15, 0.2) is 28.7 Å². The van der Waals surface area contributed by atoms with Crippen molar-refractivity contribution in [1.29, 1.82) is 0 Å². The van der Waals surface area contributed by atoms with Crippen LogP contribution in [0.1, 0.15) is 38.5 Å². The number of rotatable bonds is 5. The van der Waals surface area contributed by atoms with Crippen LogP contribution in [0.25, 0.3) is 0 Å². The number of hydrogen-bond donors (Lipinski definition) is 1. The van der Waals surface area contributed by atoms with Crippen LogP contribution in [0.5, 0.6) is 5.75 Å². The lowest BCUT2D eigenvalue weighted by Gasteiger charge is -2.24. The fourth-order valence-electron chi connectivity index (χ4n) is 2.97. The maximum Gasteiger partial charge on any atom is 0.119 e. The highest BCUT2D eigenvalue weighted by Gasteiger charge is 2.21. The van der Waals surface area contributed by atoms with Gasteiger partial charge < -0.3 is 10.1 Å². The van der Waals surface area contributed by atoms with Crippen LogP contribution < -0.4 is 10.1 Å². The van der Waals surface area contributed by atoms with E-state index in [2.05, 4.69) is 28.3 Å². The van der Waals surface area contributed by atoms with Crippen LogP contribution in [0.4, 0.5) is 0 Å². The Morgan fingerprint density at radius 2 is 1.89 bits per heavy atom. The molecule has 1 saturated carbocycles. The average molecular weight is 326 g/mol. The lowest BCUT2D eigenvalue weighted by Crippen LogP contribution is -2.33. The van der Waals surface area contributed by atoms with Crippen molar-refractivity contribution < 1.29 is 4.74 Å². The number of benzene rings is 1. The smallest absolute Gasteiger partial charge is 0.119 e. The normalized spacial score (nSPS) is 23.9. The van der Waals surface area contributed by atoms with Gasteiger partial charge in [-0.15, -0.1) is 0 Å². The third kappa shape index (κ3) is 4.81. The molecule has 1 aliphatic rings. The molecule has 1 aromatic rings. The van der Waals surface area contributed by atoms with E-state index < -0.39 is 0 Å². The minimum absolute atomic E-state index is 0.677. The zero-order valence-corrected chi connectivity index (χ0v) is 13.3. The molecule has 1 aromatic carbocycles. The predicted octanol–water partition coefficient (Wildman–Crippen LogP) is 4.39. The summed E-state index contributed by atoms with van der Waals surface area (Å²) in [7, 11) is 2.10. The van der Waals surface area contributed by atoms with Crippen molar-refractivity contribution >= 4 is 15.9 Å². The second-order valence-corrected chi connectivity index (χ2v) is 6.30.